The molecular weight excluding hydrogens is 377 g/mol. The van der Waals surface area contributed by atoms with Gasteiger partial charge in [0.25, 0.3) is 0 Å². The van der Waals surface area contributed by atoms with Crippen LogP contribution in [0.3, 0.4) is 0 Å². The zero-order valence-corrected chi connectivity index (χ0v) is 15.4. The third-order valence-corrected chi connectivity index (χ3v) is 4.77. The van der Waals surface area contributed by atoms with Crippen LogP contribution in [0, 0.1) is 11.6 Å². The Bertz CT molecular complexity index is 892. The fraction of sp³-hybridized carbons (Fsp3) is 0.350. The third kappa shape index (κ3) is 4.26. The molecule has 8 heteroatoms. The van der Waals surface area contributed by atoms with E-state index in [4.69, 9.17) is 0 Å². The van der Waals surface area contributed by atoms with E-state index >= 15 is 0 Å². The molecule has 0 bridgehead atoms. The van der Waals surface area contributed by atoms with Crippen LogP contribution in [0.5, 0.6) is 0 Å². The minimum atomic E-state index is -4.59. The minimum Gasteiger partial charge on any atom is -0.386 e. The highest BCUT2D eigenvalue weighted by molar-refractivity contribution is 5.61. The second-order valence-corrected chi connectivity index (χ2v) is 6.79. The van der Waals surface area contributed by atoms with Crippen molar-refractivity contribution in [2.75, 3.05) is 0 Å². The maximum atomic E-state index is 14.6. The SMILES string of the molecule is CCC1CC(NC(C)c2cc(F)c(-c3cc(C(F)(F)F)ccn3)cc2F)=CN1. The van der Waals surface area contributed by atoms with E-state index in [1.54, 1.807) is 6.92 Å². The van der Waals surface area contributed by atoms with E-state index in [9.17, 15) is 22.0 Å². The lowest BCUT2D eigenvalue weighted by molar-refractivity contribution is -0.137. The molecule has 150 valence electrons. The Balaban J connectivity index is 1.85. The van der Waals surface area contributed by atoms with E-state index in [2.05, 4.69) is 15.6 Å². The van der Waals surface area contributed by atoms with Crippen LogP contribution in [-0.4, -0.2) is 11.0 Å². The molecule has 0 fully saturated rings. The van der Waals surface area contributed by atoms with Crippen molar-refractivity contribution in [3.63, 3.8) is 0 Å². The number of nitrogens with zero attached hydrogens (tertiary/aromatic N) is 1. The predicted octanol–water partition coefficient (Wildman–Crippen LogP) is 5.31. The quantitative estimate of drug-likeness (QED) is 0.672. The minimum absolute atomic E-state index is 0.0917. The van der Waals surface area contributed by atoms with Crippen LogP contribution in [0.15, 0.2) is 42.4 Å². The number of benzene rings is 1. The van der Waals surface area contributed by atoms with E-state index in [0.29, 0.717) is 12.1 Å². The van der Waals surface area contributed by atoms with E-state index in [0.717, 1.165) is 42.9 Å². The zero-order valence-electron chi connectivity index (χ0n) is 15.4. The van der Waals surface area contributed by atoms with Crippen LogP contribution >= 0.6 is 0 Å². The molecule has 1 aliphatic rings. The molecule has 1 aromatic heterocycles. The topological polar surface area (TPSA) is 37.0 Å². The van der Waals surface area contributed by atoms with Crippen molar-refractivity contribution in [1.82, 2.24) is 15.6 Å². The number of hydrogen-bond donors (Lipinski definition) is 2. The fourth-order valence-electron chi connectivity index (χ4n) is 3.16. The van der Waals surface area contributed by atoms with Gasteiger partial charge in [-0.3, -0.25) is 4.98 Å². The van der Waals surface area contributed by atoms with Gasteiger partial charge in [0.1, 0.15) is 11.6 Å². The van der Waals surface area contributed by atoms with Crippen molar-refractivity contribution in [2.24, 2.45) is 0 Å². The van der Waals surface area contributed by atoms with Gasteiger partial charge in [-0.1, -0.05) is 6.92 Å². The third-order valence-electron chi connectivity index (χ3n) is 4.77. The van der Waals surface area contributed by atoms with Gasteiger partial charge in [0, 0.05) is 41.7 Å². The lowest BCUT2D eigenvalue weighted by atomic mass is 10.0. The van der Waals surface area contributed by atoms with E-state index in [1.165, 1.54) is 0 Å². The number of halogens is 5. The van der Waals surface area contributed by atoms with Gasteiger partial charge in [0.15, 0.2) is 0 Å². The molecule has 1 aromatic carbocycles. The summed E-state index contributed by atoms with van der Waals surface area (Å²) in [4.78, 5) is 3.76. The van der Waals surface area contributed by atoms with Gasteiger partial charge in [0.2, 0.25) is 0 Å². The van der Waals surface area contributed by atoms with Crippen molar-refractivity contribution < 1.29 is 22.0 Å². The van der Waals surface area contributed by atoms with Crippen LogP contribution in [-0.2, 0) is 6.18 Å². The summed E-state index contributed by atoms with van der Waals surface area (Å²) in [6.45, 7) is 3.74. The van der Waals surface area contributed by atoms with Crippen molar-refractivity contribution >= 4 is 0 Å². The summed E-state index contributed by atoms with van der Waals surface area (Å²) in [5.41, 5.74) is -0.571. The maximum Gasteiger partial charge on any atom is 0.416 e. The Morgan fingerprint density at radius 2 is 1.96 bits per heavy atom. The molecular formula is C20H20F5N3. The summed E-state index contributed by atoms with van der Waals surface area (Å²) in [6.07, 6.45) is -0.142. The van der Waals surface area contributed by atoms with Crippen LogP contribution < -0.4 is 10.6 Å². The lowest BCUT2D eigenvalue weighted by Crippen LogP contribution is -2.20. The molecule has 2 heterocycles. The number of aromatic nitrogens is 1. The first-order valence-electron chi connectivity index (χ1n) is 8.93. The van der Waals surface area contributed by atoms with Crippen molar-refractivity contribution in [3.05, 3.63) is 65.1 Å². The molecule has 1 aliphatic heterocycles. The van der Waals surface area contributed by atoms with Crippen LogP contribution in [0.4, 0.5) is 22.0 Å². The van der Waals surface area contributed by atoms with E-state index in [-0.39, 0.29) is 16.8 Å². The summed E-state index contributed by atoms with van der Waals surface area (Å²) in [5.74, 6) is -1.55. The second-order valence-electron chi connectivity index (χ2n) is 6.79. The predicted molar refractivity (Wildman–Crippen MR) is 96.1 cm³/mol. The molecule has 2 aromatic rings. The Kier molecular flexibility index (Phi) is 5.58. The lowest BCUT2D eigenvalue weighted by Gasteiger charge is -2.18. The van der Waals surface area contributed by atoms with Crippen molar-refractivity contribution in [2.45, 2.75) is 44.9 Å². The van der Waals surface area contributed by atoms with Gasteiger partial charge in [-0.05, 0) is 37.6 Å². The molecule has 3 rings (SSSR count). The first-order chi connectivity index (χ1) is 13.2. The normalized spacial score (nSPS) is 17.8. The van der Waals surface area contributed by atoms with Gasteiger partial charge >= 0.3 is 6.18 Å². The number of rotatable bonds is 5. The molecule has 0 aliphatic carbocycles. The average molecular weight is 397 g/mol. The fourth-order valence-corrected chi connectivity index (χ4v) is 3.16. The monoisotopic (exact) mass is 397 g/mol. The molecule has 0 amide bonds. The molecule has 0 spiro atoms. The number of hydrogen-bond acceptors (Lipinski definition) is 3. The Morgan fingerprint density at radius 3 is 2.61 bits per heavy atom. The maximum absolute atomic E-state index is 14.6. The first-order valence-corrected chi connectivity index (χ1v) is 8.93. The van der Waals surface area contributed by atoms with Gasteiger partial charge < -0.3 is 10.6 Å². The smallest absolute Gasteiger partial charge is 0.386 e. The molecule has 3 nitrogen and oxygen atoms in total. The highest BCUT2D eigenvalue weighted by Crippen LogP contribution is 2.33. The van der Waals surface area contributed by atoms with Crippen molar-refractivity contribution in [3.8, 4) is 11.3 Å². The standard InChI is InChI=1S/C20H20F5N3/c1-3-13-7-14(10-27-13)28-11(2)15-8-18(22)16(9-17(15)21)19-6-12(4-5-26-19)20(23,24)25/h4-6,8-11,13,27-28H,3,7H2,1-2H3. The number of alkyl halides is 3. The second kappa shape index (κ2) is 7.77. The molecule has 2 atom stereocenters. The Morgan fingerprint density at radius 1 is 1.21 bits per heavy atom. The van der Waals surface area contributed by atoms with Crippen LogP contribution in [0.1, 0.15) is 43.9 Å². The van der Waals surface area contributed by atoms with E-state index in [1.807, 2.05) is 13.1 Å². The van der Waals surface area contributed by atoms with Gasteiger partial charge in [-0.15, -0.1) is 0 Å². The van der Waals surface area contributed by atoms with Crippen LogP contribution in [0.25, 0.3) is 11.3 Å². The Labute approximate surface area is 159 Å². The summed E-state index contributed by atoms with van der Waals surface area (Å²) in [5, 5.41) is 6.34. The summed E-state index contributed by atoms with van der Waals surface area (Å²) in [6, 6.07) is 3.18. The largest absolute Gasteiger partial charge is 0.416 e. The molecule has 0 saturated carbocycles. The summed E-state index contributed by atoms with van der Waals surface area (Å²) < 4.78 is 67.8. The highest BCUT2D eigenvalue weighted by Gasteiger charge is 2.31. The number of nitrogens with one attached hydrogen (secondary N) is 2. The molecule has 28 heavy (non-hydrogen) atoms. The first kappa shape index (κ1) is 20.1. The van der Waals surface area contributed by atoms with Crippen LogP contribution in [0.2, 0.25) is 0 Å². The summed E-state index contributed by atoms with van der Waals surface area (Å²) >= 11 is 0. The van der Waals surface area contributed by atoms with Crippen molar-refractivity contribution in [1.29, 1.82) is 0 Å². The highest BCUT2D eigenvalue weighted by atomic mass is 19.4. The molecule has 0 saturated heterocycles. The zero-order chi connectivity index (χ0) is 20.5. The van der Waals surface area contributed by atoms with Gasteiger partial charge in [0.05, 0.1) is 17.3 Å². The Hall–Kier alpha value is -2.64. The summed E-state index contributed by atoms with van der Waals surface area (Å²) in [7, 11) is 0. The molecule has 0 radical (unpaired) electrons. The average Bonchev–Trinajstić information content (AvgIpc) is 3.10. The van der Waals surface area contributed by atoms with Gasteiger partial charge in [-0.2, -0.15) is 13.2 Å². The molecule has 2 N–H and O–H groups in total. The van der Waals surface area contributed by atoms with E-state index < -0.39 is 29.4 Å². The molecule has 2 unspecified atom stereocenters. The van der Waals surface area contributed by atoms with Gasteiger partial charge in [-0.25, -0.2) is 8.78 Å². The number of pyridine rings is 1.